The summed E-state index contributed by atoms with van der Waals surface area (Å²) in [4.78, 5) is 14.7. The first-order valence-electron chi connectivity index (χ1n) is 6.35. The molecule has 2 aromatic heterocycles. The van der Waals surface area contributed by atoms with Crippen LogP contribution in [0.2, 0.25) is 0 Å². The van der Waals surface area contributed by atoms with Crippen molar-refractivity contribution in [2.24, 2.45) is 7.05 Å². The van der Waals surface area contributed by atoms with Crippen LogP contribution in [0.25, 0.3) is 0 Å². The summed E-state index contributed by atoms with van der Waals surface area (Å²) in [6.45, 7) is 3.38. The number of aryl methyl sites for hydroxylation is 1. The van der Waals surface area contributed by atoms with Gasteiger partial charge in [0.25, 0.3) is 0 Å². The number of anilines is 2. The van der Waals surface area contributed by atoms with Gasteiger partial charge in [-0.2, -0.15) is 20.1 Å². The minimum atomic E-state index is 0.295. The Balaban J connectivity index is 2.19. The fourth-order valence-electron chi connectivity index (χ4n) is 1.74. The maximum Gasteiger partial charge on any atom is 0.322 e. The molecule has 0 radical (unpaired) electrons. The number of ether oxygens (including phenoxy) is 1. The normalized spacial score (nSPS) is 10.4. The third kappa shape index (κ3) is 3.34. The highest BCUT2D eigenvalue weighted by molar-refractivity contribution is 5.38. The standard InChI is InChI=1S/C12H19N7O/c1-5-13-10-15-11(17-12(16-10)20-4)18(2)7-9-6-14-19(3)8-9/h6,8H,5,7H2,1-4H3,(H,13,15,16,17). The number of hydrogen-bond donors (Lipinski definition) is 1. The van der Waals surface area contributed by atoms with E-state index in [9.17, 15) is 0 Å². The van der Waals surface area contributed by atoms with Crippen molar-refractivity contribution in [3.05, 3.63) is 18.0 Å². The van der Waals surface area contributed by atoms with E-state index in [1.54, 1.807) is 4.68 Å². The van der Waals surface area contributed by atoms with Crippen LogP contribution >= 0.6 is 0 Å². The molecule has 8 nitrogen and oxygen atoms in total. The van der Waals surface area contributed by atoms with Crippen molar-refractivity contribution in [1.29, 1.82) is 0 Å². The van der Waals surface area contributed by atoms with E-state index in [4.69, 9.17) is 4.74 Å². The second-order valence-corrected chi connectivity index (χ2v) is 4.35. The Kier molecular flexibility index (Phi) is 4.34. The van der Waals surface area contributed by atoms with Crippen LogP contribution < -0.4 is 15.0 Å². The van der Waals surface area contributed by atoms with Gasteiger partial charge in [-0.15, -0.1) is 0 Å². The Hall–Kier alpha value is -2.38. The van der Waals surface area contributed by atoms with E-state index in [1.807, 2.05) is 38.3 Å². The highest BCUT2D eigenvalue weighted by atomic mass is 16.5. The fraction of sp³-hybridized carbons (Fsp3) is 0.500. The van der Waals surface area contributed by atoms with Crippen molar-refractivity contribution in [2.75, 3.05) is 30.9 Å². The zero-order valence-corrected chi connectivity index (χ0v) is 12.2. The SMILES string of the molecule is CCNc1nc(OC)nc(N(C)Cc2cnn(C)c2)n1. The zero-order valence-electron chi connectivity index (χ0n) is 12.2. The summed E-state index contributed by atoms with van der Waals surface area (Å²) in [6, 6.07) is 0.295. The Morgan fingerprint density at radius 3 is 2.75 bits per heavy atom. The van der Waals surface area contributed by atoms with Gasteiger partial charge in [0.05, 0.1) is 13.3 Å². The lowest BCUT2D eigenvalue weighted by Gasteiger charge is -2.17. The second-order valence-electron chi connectivity index (χ2n) is 4.35. The van der Waals surface area contributed by atoms with E-state index < -0.39 is 0 Å². The number of nitrogens with zero attached hydrogens (tertiary/aromatic N) is 6. The maximum atomic E-state index is 5.10. The van der Waals surface area contributed by atoms with E-state index in [0.29, 0.717) is 24.5 Å². The van der Waals surface area contributed by atoms with Gasteiger partial charge in [0.2, 0.25) is 11.9 Å². The lowest BCUT2D eigenvalue weighted by Crippen LogP contribution is -2.20. The predicted octanol–water partition coefficient (Wildman–Crippen LogP) is 0.682. The van der Waals surface area contributed by atoms with Gasteiger partial charge in [0.15, 0.2) is 0 Å². The number of rotatable bonds is 6. The number of hydrogen-bond acceptors (Lipinski definition) is 7. The first-order chi connectivity index (χ1) is 9.62. The van der Waals surface area contributed by atoms with Gasteiger partial charge in [-0.1, -0.05) is 0 Å². The van der Waals surface area contributed by atoms with Crippen LogP contribution in [0.4, 0.5) is 11.9 Å². The van der Waals surface area contributed by atoms with Gasteiger partial charge in [-0.25, -0.2) is 0 Å². The van der Waals surface area contributed by atoms with Crippen molar-refractivity contribution in [1.82, 2.24) is 24.7 Å². The van der Waals surface area contributed by atoms with Crippen molar-refractivity contribution < 1.29 is 4.74 Å². The molecular weight excluding hydrogens is 258 g/mol. The molecule has 0 unspecified atom stereocenters. The molecule has 0 atom stereocenters. The second kappa shape index (κ2) is 6.18. The first kappa shape index (κ1) is 14.0. The molecule has 2 heterocycles. The van der Waals surface area contributed by atoms with E-state index in [-0.39, 0.29) is 0 Å². The van der Waals surface area contributed by atoms with Crippen LogP contribution in [0.5, 0.6) is 6.01 Å². The Morgan fingerprint density at radius 2 is 2.15 bits per heavy atom. The van der Waals surface area contributed by atoms with E-state index in [2.05, 4.69) is 25.4 Å². The molecule has 0 saturated heterocycles. The van der Waals surface area contributed by atoms with Crippen LogP contribution in [0.3, 0.4) is 0 Å². The minimum Gasteiger partial charge on any atom is -0.467 e. The smallest absolute Gasteiger partial charge is 0.322 e. The largest absolute Gasteiger partial charge is 0.467 e. The summed E-state index contributed by atoms with van der Waals surface area (Å²) in [5, 5.41) is 7.20. The summed E-state index contributed by atoms with van der Waals surface area (Å²) in [5.41, 5.74) is 1.08. The average Bonchev–Trinajstić information content (AvgIpc) is 2.84. The monoisotopic (exact) mass is 277 g/mol. The molecule has 0 spiro atoms. The molecule has 2 aromatic rings. The molecule has 0 fully saturated rings. The average molecular weight is 277 g/mol. The summed E-state index contributed by atoms with van der Waals surface area (Å²) >= 11 is 0. The van der Waals surface area contributed by atoms with Crippen molar-refractivity contribution in [2.45, 2.75) is 13.5 Å². The molecule has 1 N–H and O–H groups in total. The molecule has 0 aliphatic rings. The fourth-order valence-corrected chi connectivity index (χ4v) is 1.74. The molecular formula is C12H19N7O. The van der Waals surface area contributed by atoms with Gasteiger partial charge in [-0.05, 0) is 6.92 Å². The molecule has 0 aromatic carbocycles. The van der Waals surface area contributed by atoms with E-state index >= 15 is 0 Å². The Morgan fingerprint density at radius 1 is 1.35 bits per heavy atom. The highest BCUT2D eigenvalue weighted by Crippen LogP contribution is 2.15. The first-order valence-corrected chi connectivity index (χ1v) is 6.35. The molecule has 0 bridgehead atoms. The van der Waals surface area contributed by atoms with Gasteiger partial charge in [-0.3, -0.25) is 4.68 Å². The molecule has 20 heavy (non-hydrogen) atoms. The lowest BCUT2D eigenvalue weighted by atomic mass is 10.3. The van der Waals surface area contributed by atoms with Crippen LogP contribution in [0.15, 0.2) is 12.4 Å². The molecule has 0 aliphatic heterocycles. The zero-order chi connectivity index (χ0) is 14.5. The third-order valence-corrected chi connectivity index (χ3v) is 2.64. The summed E-state index contributed by atoms with van der Waals surface area (Å²) in [5.74, 6) is 1.06. The summed E-state index contributed by atoms with van der Waals surface area (Å²) < 4.78 is 6.87. The number of methoxy groups -OCH3 is 1. The maximum absolute atomic E-state index is 5.10. The molecule has 0 amide bonds. The van der Waals surface area contributed by atoms with Crippen molar-refractivity contribution in [3.8, 4) is 6.01 Å². The van der Waals surface area contributed by atoms with E-state index in [0.717, 1.165) is 12.1 Å². The number of aromatic nitrogens is 5. The number of nitrogens with one attached hydrogen (secondary N) is 1. The molecule has 2 rings (SSSR count). The predicted molar refractivity (Wildman–Crippen MR) is 75.9 cm³/mol. The van der Waals surface area contributed by atoms with Gasteiger partial charge >= 0.3 is 6.01 Å². The summed E-state index contributed by atoms with van der Waals surface area (Å²) in [7, 11) is 5.34. The van der Waals surface area contributed by atoms with Crippen molar-refractivity contribution in [3.63, 3.8) is 0 Å². The quantitative estimate of drug-likeness (QED) is 0.831. The molecule has 0 saturated carbocycles. The van der Waals surface area contributed by atoms with Crippen LogP contribution in [0.1, 0.15) is 12.5 Å². The van der Waals surface area contributed by atoms with Crippen molar-refractivity contribution >= 4 is 11.9 Å². The van der Waals surface area contributed by atoms with Crippen LogP contribution in [-0.4, -0.2) is 45.4 Å². The van der Waals surface area contributed by atoms with Crippen LogP contribution in [-0.2, 0) is 13.6 Å². The molecule has 0 aliphatic carbocycles. The van der Waals surface area contributed by atoms with Gasteiger partial charge in [0, 0.05) is 38.9 Å². The van der Waals surface area contributed by atoms with Crippen LogP contribution in [0, 0.1) is 0 Å². The highest BCUT2D eigenvalue weighted by Gasteiger charge is 2.11. The summed E-state index contributed by atoms with van der Waals surface area (Å²) in [6.07, 6.45) is 3.78. The minimum absolute atomic E-state index is 0.295. The third-order valence-electron chi connectivity index (χ3n) is 2.64. The topological polar surface area (TPSA) is 81.0 Å². The van der Waals surface area contributed by atoms with E-state index in [1.165, 1.54) is 7.11 Å². The molecule has 8 heteroatoms. The van der Waals surface area contributed by atoms with Gasteiger partial charge in [0.1, 0.15) is 0 Å². The Labute approximate surface area is 117 Å². The van der Waals surface area contributed by atoms with Gasteiger partial charge < -0.3 is 15.0 Å². The Bertz CT molecular complexity index is 569. The molecule has 108 valence electrons. The lowest BCUT2D eigenvalue weighted by molar-refractivity contribution is 0.379.